The summed E-state index contributed by atoms with van der Waals surface area (Å²) in [6.07, 6.45) is -0.750. The molecule has 1 atom stereocenters. The van der Waals surface area contributed by atoms with Gasteiger partial charge in [-0.15, -0.1) is 10.1 Å². The Hall–Kier alpha value is -2.12. The van der Waals surface area contributed by atoms with Crippen LogP contribution in [-0.2, 0) is 0 Å². The largest absolute Gasteiger partial charge is 0.439 e. The van der Waals surface area contributed by atoms with Crippen LogP contribution in [0.15, 0.2) is 30.3 Å². The van der Waals surface area contributed by atoms with Crippen LogP contribution in [0, 0.1) is 0 Å². The third kappa shape index (κ3) is 1.60. The van der Waals surface area contributed by atoms with Gasteiger partial charge in [-0.05, 0) is 32.9 Å². The van der Waals surface area contributed by atoms with Crippen LogP contribution in [0.4, 0.5) is 9.59 Å². The molecule has 0 aromatic heterocycles. The fourth-order valence-electron chi connectivity index (χ4n) is 2.31. The summed E-state index contributed by atoms with van der Waals surface area (Å²) in [5, 5.41) is 5.17. The predicted molar refractivity (Wildman–Crippen MR) is 70.3 cm³/mol. The SMILES string of the molecule is CC1(C)NN2N(C(=O)Oc3ccccc3)C(=O)NC21C. The minimum Gasteiger partial charge on any atom is -0.409 e. The van der Waals surface area contributed by atoms with Gasteiger partial charge in [-0.1, -0.05) is 18.2 Å². The smallest absolute Gasteiger partial charge is 0.409 e. The number of fused-ring (bicyclic) bond motifs is 1. The average Bonchev–Trinajstić information content (AvgIpc) is 2.60. The van der Waals surface area contributed by atoms with Crippen molar-refractivity contribution in [2.24, 2.45) is 0 Å². The normalized spacial score (nSPS) is 27.6. The first-order chi connectivity index (χ1) is 9.35. The van der Waals surface area contributed by atoms with Crippen LogP contribution in [0.5, 0.6) is 5.75 Å². The number of carbonyl (C=O) groups is 2. The third-order valence-corrected chi connectivity index (χ3v) is 3.89. The molecule has 106 valence electrons. The standard InChI is InChI=1S/C13H16N4O3/c1-12(2)13(3)14-10(18)16(17(13)15-12)11(19)20-9-7-5-4-6-8-9/h4-8,15H,1-3H3,(H,14,18). The molecule has 2 heterocycles. The molecule has 20 heavy (non-hydrogen) atoms. The number of para-hydroxylation sites is 1. The first kappa shape index (κ1) is 12.9. The number of nitrogens with one attached hydrogen (secondary N) is 2. The molecule has 0 spiro atoms. The van der Waals surface area contributed by atoms with E-state index in [2.05, 4.69) is 10.7 Å². The lowest BCUT2D eigenvalue weighted by molar-refractivity contribution is -0.212. The maximum Gasteiger partial charge on any atom is 0.439 e. The fourth-order valence-corrected chi connectivity index (χ4v) is 2.31. The molecule has 7 heteroatoms. The number of nitrogens with zero attached hydrogens (tertiary/aromatic N) is 2. The van der Waals surface area contributed by atoms with Crippen LogP contribution in [0.3, 0.4) is 0 Å². The average molecular weight is 276 g/mol. The van der Waals surface area contributed by atoms with E-state index in [1.807, 2.05) is 26.8 Å². The number of hydrogen-bond donors (Lipinski definition) is 2. The van der Waals surface area contributed by atoms with E-state index < -0.39 is 17.8 Å². The minimum absolute atomic E-state index is 0.343. The molecule has 3 rings (SSSR count). The van der Waals surface area contributed by atoms with E-state index in [1.54, 1.807) is 24.3 Å². The molecule has 1 unspecified atom stereocenters. The second kappa shape index (κ2) is 3.94. The van der Waals surface area contributed by atoms with Crippen molar-refractivity contribution in [2.75, 3.05) is 0 Å². The van der Waals surface area contributed by atoms with Crippen LogP contribution in [0.1, 0.15) is 20.8 Å². The molecule has 2 N–H and O–H groups in total. The van der Waals surface area contributed by atoms with E-state index in [9.17, 15) is 9.59 Å². The summed E-state index contributed by atoms with van der Waals surface area (Å²) >= 11 is 0. The lowest BCUT2D eigenvalue weighted by Gasteiger charge is -2.58. The number of benzene rings is 1. The third-order valence-electron chi connectivity index (χ3n) is 3.89. The monoisotopic (exact) mass is 276 g/mol. The molecule has 0 bridgehead atoms. The summed E-state index contributed by atoms with van der Waals surface area (Å²) in [4.78, 5) is 24.1. The number of hydrazine groups is 2. The molecule has 7 nitrogen and oxygen atoms in total. The molecule has 2 fully saturated rings. The highest BCUT2D eigenvalue weighted by molar-refractivity contribution is 5.93. The zero-order valence-corrected chi connectivity index (χ0v) is 11.5. The van der Waals surface area contributed by atoms with Crippen LogP contribution in [-0.4, -0.2) is 33.5 Å². The van der Waals surface area contributed by atoms with Crippen molar-refractivity contribution >= 4 is 12.1 Å². The van der Waals surface area contributed by atoms with E-state index in [-0.39, 0.29) is 5.54 Å². The zero-order valence-electron chi connectivity index (χ0n) is 11.5. The second-order valence-electron chi connectivity index (χ2n) is 5.54. The van der Waals surface area contributed by atoms with Gasteiger partial charge in [0.15, 0.2) is 0 Å². The maximum absolute atomic E-state index is 12.1. The van der Waals surface area contributed by atoms with E-state index in [0.29, 0.717) is 5.75 Å². The second-order valence-corrected chi connectivity index (χ2v) is 5.54. The zero-order chi connectivity index (χ0) is 14.5. The molecule has 0 radical (unpaired) electrons. The molecule has 1 aromatic carbocycles. The van der Waals surface area contributed by atoms with E-state index in [4.69, 9.17) is 4.74 Å². The van der Waals surface area contributed by atoms with Crippen molar-refractivity contribution in [2.45, 2.75) is 32.0 Å². The molecule has 2 aliphatic heterocycles. The van der Waals surface area contributed by atoms with Crippen LogP contribution < -0.4 is 15.5 Å². The van der Waals surface area contributed by atoms with Crippen LogP contribution >= 0.6 is 0 Å². The Labute approximate surface area is 116 Å². The molecule has 1 aromatic rings. The number of ether oxygens (including phenoxy) is 1. The number of urea groups is 1. The molecule has 2 aliphatic rings. The van der Waals surface area contributed by atoms with Crippen LogP contribution in [0.2, 0.25) is 0 Å². The Kier molecular flexibility index (Phi) is 2.54. The van der Waals surface area contributed by atoms with Gasteiger partial charge in [-0.3, -0.25) is 0 Å². The van der Waals surface area contributed by atoms with Crippen molar-refractivity contribution in [3.05, 3.63) is 30.3 Å². The molecule has 3 amide bonds. The first-order valence-corrected chi connectivity index (χ1v) is 6.32. The number of rotatable bonds is 1. The minimum atomic E-state index is -0.750. The Morgan fingerprint density at radius 2 is 1.85 bits per heavy atom. The van der Waals surface area contributed by atoms with Gasteiger partial charge < -0.3 is 10.1 Å². The molecular formula is C13H16N4O3. The number of amides is 3. The Morgan fingerprint density at radius 1 is 1.20 bits per heavy atom. The summed E-state index contributed by atoms with van der Waals surface area (Å²) in [5.74, 6) is 0.388. The van der Waals surface area contributed by atoms with Gasteiger partial charge in [0, 0.05) is 0 Å². The van der Waals surface area contributed by atoms with E-state index in [1.165, 1.54) is 5.12 Å². The van der Waals surface area contributed by atoms with Crippen molar-refractivity contribution in [3.8, 4) is 5.75 Å². The van der Waals surface area contributed by atoms with Gasteiger partial charge >= 0.3 is 12.1 Å². The van der Waals surface area contributed by atoms with Crippen molar-refractivity contribution in [1.82, 2.24) is 20.9 Å². The van der Waals surface area contributed by atoms with Gasteiger partial charge in [-0.2, -0.15) is 0 Å². The Morgan fingerprint density at radius 3 is 2.40 bits per heavy atom. The Balaban J connectivity index is 1.79. The maximum atomic E-state index is 12.1. The molecule has 2 saturated heterocycles. The quantitative estimate of drug-likeness (QED) is 0.812. The van der Waals surface area contributed by atoms with Crippen molar-refractivity contribution in [1.29, 1.82) is 0 Å². The summed E-state index contributed by atoms with van der Waals surface area (Å²) in [7, 11) is 0. The van der Waals surface area contributed by atoms with E-state index >= 15 is 0 Å². The van der Waals surface area contributed by atoms with Crippen molar-refractivity contribution in [3.63, 3.8) is 0 Å². The highest BCUT2D eigenvalue weighted by atomic mass is 16.6. The summed E-state index contributed by atoms with van der Waals surface area (Å²) < 4.78 is 5.18. The van der Waals surface area contributed by atoms with Gasteiger partial charge in [0.05, 0.1) is 5.54 Å². The van der Waals surface area contributed by atoms with Crippen LogP contribution in [0.25, 0.3) is 0 Å². The summed E-state index contributed by atoms with van der Waals surface area (Å²) in [6.45, 7) is 5.73. The number of hydrogen-bond acceptors (Lipinski definition) is 5. The fraction of sp³-hybridized carbons (Fsp3) is 0.385. The summed E-state index contributed by atoms with van der Waals surface area (Å²) in [5.41, 5.74) is 2.05. The van der Waals surface area contributed by atoms with Gasteiger partial charge in [0.2, 0.25) is 0 Å². The summed E-state index contributed by atoms with van der Waals surface area (Å²) in [6, 6.07) is 8.11. The van der Waals surface area contributed by atoms with E-state index in [0.717, 1.165) is 5.01 Å². The predicted octanol–water partition coefficient (Wildman–Crippen LogP) is 1.44. The lowest BCUT2D eigenvalue weighted by atomic mass is 9.85. The number of carbonyl (C=O) groups excluding carboxylic acids is 2. The first-order valence-electron chi connectivity index (χ1n) is 6.32. The molecule has 0 saturated carbocycles. The van der Waals surface area contributed by atoms with Gasteiger partial charge in [0.25, 0.3) is 0 Å². The Bertz CT molecular complexity index is 574. The number of imide groups is 1. The highest BCUT2D eigenvalue weighted by Gasteiger charge is 2.66. The lowest BCUT2D eigenvalue weighted by Crippen LogP contribution is -2.85. The van der Waals surface area contributed by atoms with Gasteiger partial charge in [-0.25, -0.2) is 15.0 Å². The van der Waals surface area contributed by atoms with Crippen molar-refractivity contribution < 1.29 is 14.3 Å². The molecule has 0 aliphatic carbocycles. The van der Waals surface area contributed by atoms with Gasteiger partial charge in [0.1, 0.15) is 11.4 Å². The highest BCUT2D eigenvalue weighted by Crippen LogP contribution is 2.39. The topological polar surface area (TPSA) is 73.9 Å². The molecular weight excluding hydrogens is 260 g/mol.